The summed E-state index contributed by atoms with van der Waals surface area (Å²) >= 11 is 1.86. The van der Waals surface area contributed by atoms with E-state index in [1.807, 2.05) is 11.3 Å². The average Bonchev–Trinajstić information content (AvgIpc) is 2.68. The average molecular weight is 267 g/mol. The molecule has 0 aromatic carbocycles. The van der Waals surface area contributed by atoms with Crippen molar-refractivity contribution >= 4 is 11.3 Å². The van der Waals surface area contributed by atoms with E-state index >= 15 is 0 Å². The van der Waals surface area contributed by atoms with Gasteiger partial charge in [-0.2, -0.15) is 0 Å². The first-order valence-electron chi connectivity index (χ1n) is 7.08. The molecule has 1 aliphatic rings. The zero-order chi connectivity index (χ0) is 13.0. The van der Waals surface area contributed by atoms with Gasteiger partial charge in [-0.05, 0) is 46.2 Å². The monoisotopic (exact) mass is 267 g/mol. The summed E-state index contributed by atoms with van der Waals surface area (Å²) in [6.45, 7) is 11.1. The number of aryl methyl sites for hydroxylation is 2. The van der Waals surface area contributed by atoms with Gasteiger partial charge in [-0.25, -0.2) is 4.98 Å². The lowest BCUT2D eigenvalue weighted by Crippen LogP contribution is -2.45. The largest absolute Gasteiger partial charge is 0.315 e. The van der Waals surface area contributed by atoms with Crippen LogP contribution in [0.2, 0.25) is 0 Å². The first kappa shape index (κ1) is 14.0. The van der Waals surface area contributed by atoms with Crippen LogP contribution in [0.25, 0.3) is 0 Å². The van der Waals surface area contributed by atoms with E-state index in [1.165, 1.54) is 47.9 Å². The summed E-state index contributed by atoms with van der Waals surface area (Å²) in [5.41, 5.74) is 1.22. The maximum absolute atomic E-state index is 4.55. The second kappa shape index (κ2) is 6.64. The van der Waals surface area contributed by atoms with Crippen LogP contribution < -0.4 is 5.32 Å². The summed E-state index contributed by atoms with van der Waals surface area (Å²) in [5.74, 6) is 0. The summed E-state index contributed by atoms with van der Waals surface area (Å²) in [5, 5.41) is 4.72. The number of nitrogens with one attached hydrogen (secondary N) is 1. The van der Waals surface area contributed by atoms with Crippen LogP contribution in [0.4, 0.5) is 0 Å². The van der Waals surface area contributed by atoms with Crippen LogP contribution in [0.3, 0.4) is 0 Å². The topological polar surface area (TPSA) is 28.2 Å². The van der Waals surface area contributed by atoms with Crippen molar-refractivity contribution in [3.05, 3.63) is 15.6 Å². The van der Waals surface area contributed by atoms with Crippen molar-refractivity contribution in [1.29, 1.82) is 0 Å². The summed E-state index contributed by atoms with van der Waals surface area (Å²) in [6.07, 6.45) is 3.88. The maximum Gasteiger partial charge on any atom is 0.0900 e. The van der Waals surface area contributed by atoms with Crippen molar-refractivity contribution in [1.82, 2.24) is 15.2 Å². The molecule has 0 bridgehead atoms. The highest BCUT2D eigenvalue weighted by Gasteiger charge is 2.21. The van der Waals surface area contributed by atoms with Crippen LogP contribution in [0.15, 0.2) is 0 Å². The van der Waals surface area contributed by atoms with Gasteiger partial charge in [-0.15, -0.1) is 11.3 Å². The lowest BCUT2D eigenvalue weighted by atomic mass is 10.1. The van der Waals surface area contributed by atoms with Crippen LogP contribution in [0, 0.1) is 13.8 Å². The third kappa shape index (κ3) is 3.53. The summed E-state index contributed by atoms with van der Waals surface area (Å²) in [4.78, 5) is 8.64. The fraction of sp³-hybridized carbons (Fsp3) is 0.786. The van der Waals surface area contributed by atoms with Gasteiger partial charge in [0.05, 0.1) is 10.7 Å². The molecule has 1 N–H and O–H groups in total. The van der Waals surface area contributed by atoms with E-state index in [4.69, 9.17) is 0 Å². The van der Waals surface area contributed by atoms with Crippen molar-refractivity contribution in [2.45, 2.75) is 52.6 Å². The highest BCUT2D eigenvalue weighted by molar-refractivity contribution is 7.11. The van der Waals surface area contributed by atoms with Gasteiger partial charge in [0.25, 0.3) is 0 Å². The van der Waals surface area contributed by atoms with Gasteiger partial charge in [0.2, 0.25) is 0 Å². The Kier molecular flexibility index (Phi) is 5.15. The second-order valence-corrected chi connectivity index (χ2v) is 6.50. The Morgan fingerprint density at radius 2 is 2.28 bits per heavy atom. The predicted molar refractivity (Wildman–Crippen MR) is 78.2 cm³/mol. The number of aromatic nitrogens is 1. The minimum absolute atomic E-state index is 0.709. The first-order valence-corrected chi connectivity index (χ1v) is 7.90. The van der Waals surface area contributed by atoms with Gasteiger partial charge < -0.3 is 5.32 Å². The van der Waals surface area contributed by atoms with Crippen molar-refractivity contribution in [2.75, 3.05) is 19.6 Å². The van der Waals surface area contributed by atoms with Gasteiger partial charge in [0.15, 0.2) is 0 Å². The number of thiazole rings is 1. The highest BCUT2D eigenvalue weighted by Crippen LogP contribution is 2.22. The molecule has 1 unspecified atom stereocenters. The Hall–Kier alpha value is -0.450. The minimum Gasteiger partial charge on any atom is -0.315 e. The summed E-state index contributed by atoms with van der Waals surface area (Å²) in [7, 11) is 0. The van der Waals surface area contributed by atoms with E-state index < -0.39 is 0 Å². The molecule has 0 radical (unpaired) electrons. The molecule has 3 nitrogen and oxygen atoms in total. The molecule has 1 saturated heterocycles. The molecule has 0 spiro atoms. The van der Waals surface area contributed by atoms with Gasteiger partial charge in [0.1, 0.15) is 0 Å². The Morgan fingerprint density at radius 1 is 1.44 bits per heavy atom. The van der Waals surface area contributed by atoms with Crippen LogP contribution in [0.5, 0.6) is 0 Å². The van der Waals surface area contributed by atoms with Crippen molar-refractivity contribution in [2.24, 2.45) is 0 Å². The molecule has 2 heterocycles. The van der Waals surface area contributed by atoms with Crippen LogP contribution in [-0.4, -0.2) is 35.6 Å². The van der Waals surface area contributed by atoms with E-state index in [0.29, 0.717) is 6.04 Å². The van der Waals surface area contributed by atoms with Crippen molar-refractivity contribution in [3.63, 3.8) is 0 Å². The Morgan fingerprint density at radius 3 is 2.83 bits per heavy atom. The van der Waals surface area contributed by atoms with Gasteiger partial charge in [0, 0.05) is 24.0 Å². The molecular formula is C14H25N3S. The number of nitrogens with zero attached hydrogens (tertiary/aromatic N) is 2. The Bertz CT molecular complexity index is 369. The normalized spacial score (nSPS) is 20.6. The molecule has 18 heavy (non-hydrogen) atoms. The zero-order valence-electron chi connectivity index (χ0n) is 11.8. The highest BCUT2D eigenvalue weighted by atomic mass is 32.1. The first-order chi connectivity index (χ1) is 8.70. The Balaban J connectivity index is 2.02. The molecular weight excluding hydrogens is 242 g/mol. The SMILES string of the molecule is CCCN(Cc1sc(C)nc1C)C1CCCNC1. The number of piperidine rings is 1. The van der Waals surface area contributed by atoms with E-state index in [1.54, 1.807) is 0 Å². The van der Waals surface area contributed by atoms with Gasteiger partial charge in [-0.3, -0.25) is 4.90 Å². The zero-order valence-corrected chi connectivity index (χ0v) is 12.6. The summed E-state index contributed by atoms with van der Waals surface area (Å²) in [6, 6.07) is 0.709. The third-order valence-corrected chi connectivity index (χ3v) is 4.70. The quantitative estimate of drug-likeness (QED) is 0.889. The molecule has 0 amide bonds. The molecule has 1 atom stereocenters. The smallest absolute Gasteiger partial charge is 0.0900 e. The molecule has 102 valence electrons. The lowest BCUT2D eigenvalue weighted by Gasteiger charge is -2.34. The van der Waals surface area contributed by atoms with Gasteiger partial charge in [-0.1, -0.05) is 6.92 Å². The standard InChI is InChI=1S/C14H25N3S/c1-4-8-17(13-6-5-7-15-9-13)10-14-11(2)16-12(3)18-14/h13,15H,4-10H2,1-3H3. The number of hydrogen-bond donors (Lipinski definition) is 1. The summed E-state index contributed by atoms with van der Waals surface area (Å²) < 4.78 is 0. The third-order valence-electron chi connectivity index (χ3n) is 3.64. The van der Waals surface area contributed by atoms with Crippen LogP contribution in [0.1, 0.15) is 41.8 Å². The minimum atomic E-state index is 0.709. The molecule has 0 saturated carbocycles. The fourth-order valence-corrected chi connectivity index (χ4v) is 3.69. The lowest BCUT2D eigenvalue weighted by molar-refractivity contribution is 0.159. The molecule has 1 aliphatic heterocycles. The van der Waals surface area contributed by atoms with E-state index in [0.717, 1.165) is 13.1 Å². The second-order valence-electron chi connectivity index (χ2n) is 5.21. The van der Waals surface area contributed by atoms with Crippen LogP contribution in [-0.2, 0) is 6.54 Å². The molecule has 2 rings (SSSR count). The molecule has 0 aliphatic carbocycles. The molecule has 1 fully saturated rings. The number of rotatable bonds is 5. The van der Waals surface area contributed by atoms with Crippen molar-refractivity contribution in [3.8, 4) is 0 Å². The molecule has 4 heteroatoms. The predicted octanol–water partition coefficient (Wildman–Crippen LogP) is 2.72. The maximum atomic E-state index is 4.55. The van der Waals surface area contributed by atoms with Crippen molar-refractivity contribution < 1.29 is 0 Å². The van der Waals surface area contributed by atoms with E-state index in [9.17, 15) is 0 Å². The number of hydrogen-bond acceptors (Lipinski definition) is 4. The molecule has 1 aromatic heterocycles. The fourth-order valence-electron chi connectivity index (χ4n) is 2.73. The Labute approximate surface area is 115 Å². The molecule has 1 aromatic rings. The van der Waals surface area contributed by atoms with E-state index in [-0.39, 0.29) is 0 Å². The van der Waals surface area contributed by atoms with Crippen LogP contribution >= 0.6 is 11.3 Å². The van der Waals surface area contributed by atoms with E-state index in [2.05, 4.69) is 36.0 Å². The van der Waals surface area contributed by atoms with Gasteiger partial charge >= 0.3 is 0 Å².